The van der Waals surface area contributed by atoms with Crippen molar-refractivity contribution >= 4 is 58.0 Å². The number of hydrogen-bond donors (Lipinski definition) is 1. The van der Waals surface area contributed by atoms with Crippen LogP contribution in [0.5, 0.6) is 5.75 Å². The van der Waals surface area contributed by atoms with Crippen LogP contribution in [0.2, 0.25) is 15.1 Å². The summed E-state index contributed by atoms with van der Waals surface area (Å²) in [6.07, 6.45) is 0. The van der Waals surface area contributed by atoms with Gasteiger partial charge in [0.2, 0.25) is 0 Å². The molecule has 4 rings (SSSR count). The lowest BCUT2D eigenvalue weighted by atomic mass is 10.1. The van der Waals surface area contributed by atoms with E-state index in [1.807, 2.05) is 12.1 Å². The molecule has 0 aromatic heterocycles. The van der Waals surface area contributed by atoms with Crippen molar-refractivity contribution in [3.63, 3.8) is 0 Å². The summed E-state index contributed by atoms with van der Waals surface area (Å²) in [5, 5.41) is 4.06. The van der Waals surface area contributed by atoms with Crippen molar-refractivity contribution in [1.82, 2.24) is 0 Å². The van der Waals surface area contributed by atoms with Gasteiger partial charge in [-0.15, -0.1) is 0 Å². The molecule has 0 saturated heterocycles. The Balaban J connectivity index is 1.60. The van der Waals surface area contributed by atoms with Gasteiger partial charge in [0.05, 0.1) is 22.3 Å². The van der Waals surface area contributed by atoms with Gasteiger partial charge in [-0.05, 0) is 54.1 Å². The molecule has 0 bridgehead atoms. The predicted molar refractivity (Wildman–Crippen MR) is 119 cm³/mol. The number of ether oxygens (including phenoxy) is 1. The molecular weight excluding hydrogens is 447 g/mol. The van der Waals surface area contributed by atoms with Crippen molar-refractivity contribution in [2.24, 2.45) is 0 Å². The smallest absolute Gasteiger partial charge is 0.265 e. The quantitative estimate of drug-likeness (QED) is 0.532. The Morgan fingerprint density at radius 2 is 1.83 bits per heavy atom. The maximum atomic E-state index is 12.6. The van der Waals surface area contributed by atoms with Crippen molar-refractivity contribution in [2.75, 3.05) is 16.8 Å². The van der Waals surface area contributed by atoms with Crippen LogP contribution in [0.25, 0.3) is 0 Å². The summed E-state index contributed by atoms with van der Waals surface area (Å²) in [6.45, 7) is 0.280. The van der Waals surface area contributed by atoms with Crippen molar-refractivity contribution in [2.45, 2.75) is 6.54 Å². The van der Waals surface area contributed by atoms with Crippen molar-refractivity contribution in [3.8, 4) is 5.75 Å². The number of benzene rings is 3. The predicted octanol–water partition coefficient (Wildman–Crippen LogP) is 5.82. The van der Waals surface area contributed by atoms with Crippen LogP contribution in [0.15, 0.2) is 60.7 Å². The molecule has 0 atom stereocenters. The summed E-state index contributed by atoms with van der Waals surface area (Å²) < 4.78 is 5.54. The van der Waals surface area contributed by atoms with Gasteiger partial charge in [-0.25, -0.2) is 0 Å². The number of carbonyl (C=O) groups excluding carboxylic acids is 2. The lowest BCUT2D eigenvalue weighted by Gasteiger charge is -2.30. The highest BCUT2D eigenvalue weighted by Gasteiger charge is 2.26. The number of anilines is 2. The highest BCUT2D eigenvalue weighted by molar-refractivity contribution is 6.42. The molecule has 30 heavy (non-hydrogen) atoms. The Bertz CT molecular complexity index is 1150. The number of nitrogens with zero attached hydrogens (tertiary/aromatic N) is 1. The van der Waals surface area contributed by atoms with E-state index in [2.05, 4.69) is 5.32 Å². The molecule has 2 amide bonds. The number of fused-ring (bicyclic) bond motifs is 1. The third-order valence-electron chi connectivity index (χ3n) is 4.57. The summed E-state index contributed by atoms with van der Waals surface area (Å²) in [7, 11) is 0. The molecule has 1 N–H and O–H groups in total. The van der Waals surface area contributed by atoms with Crippen LogP contribution >= 0.6 is 34.8 Å². The molecule has 5 nitrogen and oxygen atoms in total. The molecule has 1 heterocycles. The largest absolute Gasteiger partial charge is 0.482 e. The van der Waals surface area contributed by atoms with Gasteiger partial charge in [-0.2, -0.15) is 0 Å². The molecule has 0 aliphatic carbocycles. The van der Waals surface area contributed by atoms with Crippen molar-refractivity contribution in [1.29, 1.82) is 0 Å². The van der Waals surface area contributed by atoms with Gasteiger partial charge < -0.3 is 15.0 Å². The molecule has 0 spiro atoms. The molecule has 0 unspecified atom stereocenters. The fourth-order valence-corrected chi connectivity index (χ4v) is 3.62. The normalized spacial score (nSPS) is 12.9. The fourth-order valence-electron chi connectivity index (χ4n) is 3.11. The average molecular weight is 462 g/mol. The first-order valence-corrected chi connectivity index (χ1v) is 10.1. The molecule has 1 aliphatic rings. The van der Waals surface area contributed by atoms with Gasteiger partial charge in [-0.3, -0.25) is 9.59 Å². The Labute approximate surface area is 188 Å². The monoisotopic (exact) mass is 460 g/mol. The van der Waals surface area contributed by atoms with Crippen LogP contribution in [0.3, 0.4) is 0 Å². The number of rotatable bonds is 4. The molecule has 152 valence electrons. The van der Waals surface area contributed by atoms with Crippen molar-refractivity contribution in [3.05, 3.63) is 86.9 Å². The first-order valence-electron chi connectivity index (χ1n) is 8.99. The van der Waals surface area contributed by atoms with E-state index in [9.17, 15) is 9.59 Å². The van der Waals surface area contributed by atoms with Crippen LogP contribution in [-0.2, 0) is 11.3 Å². The molecule has 3 aromatic rings. The van der Waals surface area contributed by atoms with Crippen LogP contribution in [0, 0.1) is 0 Å². The summed E-state index contributed by atoms with van der Waals surface area (Å²) in [6, 6.07) is 17.1. The number of hydrogen-bond acceptors (Lipinski definition) is 3. The molecule has 0 saturated carbocycles. The van der Waals surface area contributed by atoms with E-state index in [4.69, 9.17) is 39.5 Å². The third kappa shape index (κ3) is 4.38. The Morgan fingerprint density at radius 1 is 1.00 bits per heavy atom. The van der Waals surface area contributed by atoms with Gasteiger partial charge in [0.15, 0.2) is 6.61 Å². The second-order valence-corrected chi connectivity index (χ2v) is 7.91. The van der Waals surface area contributed by atoms with Gasteiger partial charge in [0.25, 0.3) is 11.8 Å². The van der Waals surface area contributed by atoms with E-state index in [1.165, 1.54) is 6.07 Å². The Kier molecular flexibility index (Phi) is 5.86. The molecule has 0 radical (unpaired) electrons. The highest BCUT2D eigenvalue weighted by Crippen LogP contribution is 2.36. The molecular formula is C22H15Cl3N2O3. The second-order valence-electron chi connectivity index (χ2n) is 6.66. The van der Waals surface area contributed by atoms with Gasteiger partial charge in [-0.1, -0.05) is 46.9 Å². The third-order valence-corrected chi connectivity index (χ3v) is 5.55. The minimum atomic E-state index is -0.349. The van der Waals surface area contributed by atoms with E-state index >= 15 is 0 Å². The first-order chi connectivity index (χ1) is 14.4. The first kappa shape index (κ1) is 20.5. The van der Waals surface area contributed by atoms with E-state index in [1.54, 1.807) is 47.4 Å². The minimum absolute atomic E-state index is 0.0530. The van der Waals surface area contributed by atoms with Crippen LogP contribution in [0.1, 0.15) is 15.9 Å². The van der Waals surface area contributed by atoms with Crippen LogP contribution < -0.4 is 15.0 Å². The lowest BCUT2D eigenvalue weighted by molar-refractivity contribution is -0.121. The van der Waals surface area contributed by atoms with Gasteiger partial charge >= 0.3 is 0 Å². The fraction of sp³-hybridized carbons (Fsp3) is 0.0909. The minimum Gasteiger partial charge on any atom is -0.482 e. The van der Waals surface area contributed by atoms with Gasteiger partial charge in [0.1, 0.15) is 5.75 Å². The topological polar surface area (TPSA) is 58.6 Å². The van der Waals surface area contributed by atoms with Gasteiger partial charge in [0, 0.05) is 16.3 Å². The highest BCUT2D eigenvalue weighted by atomic mass is 35.5. The lowest BCUT2D eigenvalue weighted by Crippen LogP contribution is -2.38. The summed E-state index contributed by atoms with van der Waals surface area (Å²) in [4.78, 5) is 26.7. The number of carbonyl (C=O) groups is 2. The SMILES string of the molecule is O=C(Nc1ccc2c(c1)N(Cc1cccc(Cl)c1)C(=O)CO2)c1ccc(Cl)c(Cl)c1. The summed E-state index contributed by atoms with van der Waals surface area (Å²) >= 11 is 18.0. The zero-order valence-electron chi connectivity index (χ0n) is 15.5. The zero-order chi connectivity index (χ0) is 21.3. The molecule has 8 heteroatoms. The zero-order valence-corrected chi connectivity index (χ0v) is 17.8. The van der Waals surface area contributed by atoms with E-state index in [-0.39, 0.29) is 18.4 Å². The maximum Gasteiger partial charge on any atom is 0.265 e. The summed E-state index contributed by atoms with van der Waals surface area (Å²) in [5.41, 5.74) is 2.33. The molecule has 3 aromatic carbocycles. The standard InChI is InChI=1S/C22H15Cl3N2O3/c23-15-3-1-2-13(8-15)11-27-19-10-16(5-7-20(19)30-12-21(27)28)26-22(29)14-4-6-17(24)18(25)9-14/h1-10H,11-12H2,(H,26,29). The molecule has 1 aliphatic heterocycles. The van der Waals surface area contributed by atoms with E-state index in [0.717, 1.165) is 5.56 Å². The van der Waals surface area contributed by atoms with E-state index < -0.39 is 0 Å². The van der Waals surface area contributed by atoms with E-state index in [0.29, 0.717) is 44.3 Å². The number of nitrogens with one attached hydrogen (secondary N) is 1. The Hall–Kier alpha value is -2.73. The maximum absolute atomic E-state index is 12.6. The van der Waals surface area contributed by atoms with Crippen LogP contribution in [-0.4, -0.2) is 18.4 Å². The number of halogens is 3. The van der Waals surface area contributed by atoms with Crippen LogP contribution in [0.4, 0.5) is 11.4 Å². The average Bonchev–Trinajstić information content (AvgIpc) is 2.72. The summed E-state index contributed by atoms with van der Waals surface area (Å²) in [5.74, 6) is 0.0255. The Morgan fingerprint density at radius 3 is 2.60 bits per heavy atom. The van der Waals surface area contributed by atoms with Crippen molar-refractivity contribution < 1.29 is 14.3 Å². The molecule has 0 fully saturated rings. The second kappa shape index (κ2) is 8.56. The number of amides is 2.